The Hall–Kier alpha value is -0.710. The van der Waals surface area contributed by atoms with Gasteiger partial charge in [-0.25, -0.2) is 4.98 Å². The van der Waals surface area contributed by atoms with Gasteiger partial charge in [0, 0.05) is 16.0 Å². The van der Waals surface area contributed by atoms with E-state index < -0.39 is 6.10 Å². The van der Waals surface area contributed by atoms with Crippen LogP contribution >= 0.6 is 22.7 Å². The molecule has 0 aromatic carbocycles. The minimum atomic E-state index is -0.500. The third-order valence-corrected chi connectivity index (χ3v) is 3.96. The lowest BCUT2D eigenvalue weighted by Gasteiger charge is -2.03. The Bertz CT molecular complexity index is 393. The summed E-state index contributed by atoms with van der Waals surface area (Å²) < 4.78 is 0. The van der Waals surface area contributed by atoms with Crippen LogP contribution < -0.4 is 0 Å². The van der Waals surface area contributed by atoms with E-state index in [1.165, 1.54) is 4.88 Å². The average molecular weight is 225 g/mol. The van der Waals surface area contributed by atoms with E-state index in [0.717, 1.165) is 14.8 Å². The molecule has 1 atom stereocenters. The molecule has 0 radical (unpaired) electrons. The molecule has 0 saturated heterocycles. The predicted octanol–water partition coefficient (Wildman–Crippen LogP) is 2.90. The third kappa shape index (κ3) is 1.87. The van der Waals surface area contributed by atoms with Crippen molar-refractivity contribution in [1.29, 1.82) is 0 Å². The van der Waals surface area contributed by atoms with Crippen molar-refractivity contribution >= 4 is 22.7 Å². The summed E-state index contributed by atoms with van der Waals surface area (Å²) in [5.41, 5.74) is 0. The van der Waals surface area contributed by atoms with Crippen LogP contribution in [0.15, 0.2) is 18.3 Å². The highest BCUT2D eigenvalue weighted by Crippen LogP contribution is 2.30. The third-order valence-electron chi connectivity index (χ3n) is 1.94. The topological polar surface area (TPSA) is 33.1 Å². The summed E-state index contributed by atoms with van der Waals surface area (Å²) in [6.45, 7) is 3.99. The Morgan fingerprint density at radius 1 is 1.21 bits per heavy atom. The highest BCUT2D eigenvalue weighted by molar-refractivity contribution is 7.13. The van der Waals surface area contributed by atoms with Crippen molar-refractivity contribution in [2.24, 2.45) is 0 Å². The van der Waals surface area contributed by atoms with E-state index in [4.69, 9.17) is 0 Å². The molecule has 0 aliphatic heterocycles. The van der Waals surface area contributed by atoms with E-state index in [2.05, 4.69) is 4.98 Å². The van der Waals surface area contributed by atoms with Crippen LogP contribution in [0.1, 0.15) is 25.7 Å². The predicted molar refractivity (Wildman–Crippen MR) is 60.0 cm³/mol. The fraction of sp³-hybridized carbons (Fsp3) is 0.300. The number of aryl methyl sites for hydroxylation is 2. The Morgan fingerprint density at radius 2 is 2.00 bits per heavy atom. The van der Waals surface area contributed by atoms with Crippen LogP contribution in [0.4, 0.5) is 0 Å². The van der Waals surface area contributed by atoms with E-state index in [-0.39, 0.29) is 0 Å². The van der Waals surface area contributed by atoms with Gasteiger partial charge in [0.25, 0.3) is 0 Å². The summed E-state index contributed by atoms with van der Waals surface area (Å²) in [7, 11) is 0. The van der Waals surface area contributed by atoms with Crippen LogP contribution in [-0.2, 0) is 0 Å². The maximum Gasteiger partial charge on any atom is 0.124 e. The summed E-state index contributed by atoms with van der Waals surface area (Å²) >= 11 is 3.17. The van der Waals surface area contributed by atoms with E-state index >= 15 is 0 Å². The summed E-state index contributed by atoms with van der Waals surface area (Å²) in [4.78, 5) is 7.27. The molecule has 14 heavy (non-hydrogen) atoms. The zero-order chi connectivity index (χ0) is 10.1. The second-order valence-corrected chi connectivity index (χ2v) is 5.72. The highest BCUT2D eigenvalue weighted by Gasteiger charge is 2.14. The number of thiazole rings is 1. The Balaban J connectivity index is 2.28. The molecule has 2 aromatic rings. The normalized spacial score (nSPS) is 13.1. The van der Waals surface area contributed by atoms with Crippen molar-refractivity contribution in [3.05, 3.63) is 38.0 Å². The molecule has 0 bridgehead atoms. The molecule has 0 aliphatic carbocycles. The van der Waals surface area contributed by atoms with Crippen LogP contribution in [0.2, 0.25) is 0 Å². The maximum absolute atomic E-state index is 10.00. The summed E-state index contributed by atoms with van der Waals surface area (Å²) in [6, 6.07) is 4.00. The number of hydrogen-bond acceptors (Lipinski definition) is 4. The largest absolute Gasteiger partial charge is 0.382 e. The number of hydrogen-bond donors (Lipinski definition) is 1. The van der Waals surface area contributed by atoms with Crippen LogP contribution in [-0.4, -0.2) is 10.1 Å². The van der Waals surface area contributed by atoms with E-state index in [9.17, 15) is 5.11 Å². The lowest BCUT2D eigenvalue weighted by molar-refractivity contribution is 0.228. The minimum Gasteiger partial charge on any atom is -0.382 e. The van der Waals surface area contributed by atoms with E-state index in [1.807, 2.05) is 26.0 Å². The standard InChI is InChI=1S/C10H11NOS2/c1-6-3-4-8(13-6)10(12)9-5-11-7(2)14-9/h3-5,10,12H,1-2H3. The molecule has 0 saturated carbocycles. The van der Waals surface area contributed by atoms with Gasteiger partial charge in [0.05, 0.1) is 9.88 Å². The molecule has 0 spiro atoms. The van der Waals surface area contributed by atoms with Gasteiger partial charge in [-0.05, 0) is 26.0 Å². The summed E-state index contributed by atoms with van der Waals surface area (Å²) in [5.74, 6) is 0. The van der Waals surface area contributed by atoms with Gasteiger partial charge in [0.2, 0.25) is 0 Å². The van der Waals surface area contributed by atoms with E-state index in [0.29, 0.717) is 0 Å². The molecule has 4 heteroatoms. The molecule has 0 amide bonds. The fourth-order valence-corrected chi connectivity index (χ4v) is 2.99. The molecule has 0 aliphatic rings. The Morgan fingerprint density at radius 3 is 2.50 bits per heavy atom. The first-order valence-corrected chi connectivity index (χ1v) is 5.97. The van der Waals surface area contributed by atoms with Gasteiger partial charge in [-0.2, -0.15) is 0 Å². The second-order valence-electron chi connectivity index (χ2n) is 3.13. The molecule has 1 N–H and O–H groups in total. The maximum atomic E-state index is 10.00. The Labute approximate surface area is 90.9 Å². The molecule has 2 aromatic heterocycles. The average Bonchev–Trinajstić information content (AvgIpc) is 2.73. The van der Waals surface area contributed by atoms with Crippen molar-refractivity contribution in [2.45, 2.75) is 20.0 Å². The quantitative estimate of drug-likeness (QED) is 0.852. The van der Waals surface area contributed by atoms with Gasteiger partial charge in [-0.1, -0.05) is 0 Å². The number of aliphatic hydroxyl groups is 1. The zero-order valence-corrected chi connectivity index (χ0v) is 9.65. The van der Waals surface area contributed by atoms with Crippen LogP contribution in [0.3, 0.4) is 0 Å². The number of rotatable bonds is 2. The van der Waals surface area contributed by atoms with Crippen molar-refractivity contribution in [3.8, 4) is 0 Å². The SMILES string of the molecule is Cc1ccc(C(O)c2cnc(C)s2)s1. The summed E-state index contributed by atoms with van der Waals surface area (Å²) in [6.07, 6.45) is 1.25. The van der Waals surface area contributed by atoms with E-state index in [1.54, 1.807) is 28.9 Å². The number of thiophene rings is 1. The molecule has 0 fully saturated rings. The van der Waals surface area contributed by atoms with Gasteiger partial charge < -0.3 is 5.11 Å². The number of nitrogens with zero attached hydrogens (tertiary/aromatic N) is 1. The van der Waals surface area contributed by atoms with Gasteiger partial charge in [-0.3, -0.25) is 0 Å². The Kier molecular flexibility index (Phi) is 2.67. The second kappa shape index (κ2) is 3.81. The van der Waals surface area contributed by atoms with Gasteiger partial charge >= 0.3 is 0 Å². The molecular formula is C10H11NOS2. The molecule has 1 unspecified atom stereocenters. The molecule has 2 heterocycles. The molecule has 74 valence electrons. The molecule has 2 nitrogen and oxygen atoms in total. The van der Waals surface area contributed by atoms with Crippen LogP contribution in [0.5, 0.6) is 0 Å². The first-order valence-electron chi connectivity index (χ1n) is 4.33. The first-order chi connectivity index (χ1) is 6.66. The smallest absolute Gasteiger partial charge is 0.124 e. The molecule has 2 rings (SSSR count). The van der Waals surface area contributed by atoms with Crippen LogP contribution in [0.25, 0.3) is 0 Å². The van der Waals surface area contributed by atoms with Gasteiger partial charge in [0.15, 0.2) is 0 Å². The van der Waals surface area contributed by atoms with Crippen LogP contribution in [0, 0.1) is 13.8 Å². The number of aromatic nitrogens is 1. The highest BCUT2D eigenvalue weighted by atomic mass is 32.1. The van der Waals surface area contributed by atoms with Crippen molar-refractivity contribution in [1.82, 2.24) is 4.98 Å². The number of aliphatic hydroxyl groups excluding tert-OH is 1. The fourth-order valence-electron chi connectivity index (χ4n) is 1.24. The van der Waals surface area contributed by atoms with Crippen molar-refractivity contribution < 1.29 is 5.11 Å². The van der Waals surface area contributed by atoms with Gasteiger partial charge in [-0.15, -0.1) is 22.7 Å². The lowest BCUT2D eigenvalue weighted by Crippen LogP contribution is -1.92. The van der Waals surface area contributed by atoms with Crippen molar-refractivity contribution in [3.63, 3.8) is 0 Å². The summed E-state index contributed by atoms with van der Waals surface area (Å²) in [5, 5.41) is 11.0. The van der Waals surface area contributed by atoms with Crippen molar-refractivity contribution in [2.75, 3.05) is 0 Å². The first kappa shape index (κ1) is 9.83. The zero-order valence-electron chi connectivity index (χ0n) is 8.02. The van der Waals surface area contributed by atoms with Gasteiger partial charge in [0.1, 0.15) is 6.10 Å². The minimum absolute atomic E-state index is 0.500. The monoisotopic (exact) mass is 225 g/mol. The lowest BCUT2D eigenvalue weighted by atomic mass is 10.2. The molecular weight excluding hydrogens is 214 g/mol.